The summed E-state index contributed by atoms with van der Waals surface area (Å²) in [4.78, 5) is 15.1. The second kappa shape index (κ2) is 12.8. The Labute approximate surface area is 321 Å². The molecule has 0 radical (unpaired) electrons. The topological polar surface area (TPSA) is 38.7 Å². The van der Waals surface area contributed by atoms with E-state index in [1.54, 1.807) is 0 Å². The lowest BCUT2D eigenvalue weighted by Crippen LogP contribution is -2.00. The Morgan fingerprint density at radius 1 is 0.273 bits per heavy atom. The molecular weight excluding hydrogens is 687 g/mol. The molecule has 55 heavy (non-hydrogen) atoms. The molecule has 256 valence electrons. The van der Waals surface area contributed by atoms with Gasteiger partial charge in [-0.15, -0.1) is 11.3 Å². The molecule has 0 fully saturated rings. The molecule has 0 bridgehead atoms. The number of benzene rings is 9. The number of nitrogens with zero attached hydrogens (tertiary/aromatic N) is 3. The second-order valence-electron chi connectivity index (χ2n) is 14.0. The van der Waals surface area contributed by atoms with Crippen LogP contribution in [0.1, 0.15) is 0 Å². The van der Waals surface area contributed by atoms with E-state index in [9.17, 15) is 0 Å². The molecular formula is C51H31N3S. The van der Waals surface area contributed by atoms with E-state index in [-0.39, 0.29) is 0 Å². The first-order valence-corrected chi connectivity index (χ1v) is 19.3. The smallest absolute Gasteiger partial charge is 0.164 e. The van der Waals surface area contributed by atoms with Crippen molar-refractivity contribution in [2.45, 2.75) is 0 Å². The van der Waals surface area contributed by atoms with Crippen molar-refractivity contribution in [2.75, 3.05) is 0 Å². The summed E-state index contributed by atoms with van der Waals surface area (Å²) in [5.41, 5.74) is 7.66. The van der Waals surface area contributed by atoms with Crippen LogP contribution >= 0.6 is 11.3 Å². The highest BCUT2D eigenvalue weighted by atomic mass is 32.1. The van der Waals surface area contributed by atoms with Crippen LogP contribution in [0.25, 0.3) is 109 Å². The second-order valence-corrected chi connectivity index (χ2v) is 15.0. The molecule has 0 saturated heterocycles. The zero-order chi connectivity index (χ0) is 36.3. The highest BCUT2D eigenvalue weighted by Gasteiger charge is 2.17. The van der Waals surface area contributed by atoms with E-state index in [4.69, 9.17) is 15.0 Å². The van der Waals surface area contributed by atoms with E-state index in [1.165, 1.54) is 69.2 Å². The molecule has 0 amide bonds. The van der Waals surface area contributed by atoms with Crippen LogP contribution < -0.4 is 0 Å². The maximum Gasteiger partial charge on any atom is 0.164 e. The molecule has 3 nitrogen and oxygen atoms in total. The number of aromatic nitrogens is 3. The Hall–Kier alpha value is -7.01. The number of hydrogen-bond acceptors (Lipinski definition) is 4. The third-order valence-corrected chi connectivity index (χ3v) is 11.9. The van der Waals surface area contributed by atoms with E-state index in [0.29, 0.717) is 17.5 Å². The summed E-state index contributed by atoms with van der Waals surface area (Å²) in [6, 6.07) is 66.9. The molecule has 11 rings (SSSR count). The van der Waals surface area contributed by atoms with Gasteiger partial charge >= 0.3 is 0 Å². The summed E-state index contributed by atoms with van der Waals surface area (Å²) < 4.78 is 2.48. The number of fused-ring (bicyclic) bond motifs is 9. The molecule has 0 aliphatic heterocycles. The van der Waals surface area contributed by atoms with Crippen LogP contribution in [0.4, 0.5) is 0 Å². The van der Waals surface area contributed by atoms with Crippen LogP contribution in [0, 0.1) is 0 Å². The molecule has 0 unspecified atom stereocenters. The van der Waals surface area contributed by atoms with Crippen molar-refractivity contribution in [2.24, 2.45) is 0 Å². The van der Waals surface area contributed by atoms with E-state index < -0.39 is 0 Å². The normalized spacial score (nSPS) is 11.6. The van der Waals surface area contributed by atoms with Gasteiger partial charge in [0.05, 0.1) is 0 Å². The van der Waals surface area contributed by atoms with Gasteiger partial charge in [-0.1, -0.05) is 176 Å². The van der Waals surface area contributed by atoms with Crippen LogP contribution in [-0.4, -0.2) is 15.0 Å². The fourth-order valence-corrected chi connectivity index (χ4v) is 9.31. The molecule has 2 heterocycles. The molecule has 0 spiro atoms. The minimum atomic E-state index is 0.652. The molecule has 11 aromatic rings. The summed E-state index contributed by atoms with van der Waals surface area (Å²) in [5, 5.41) is 10.2. The first-order valence-electron chi connectivity index (χ1n) is 18.5. The highest BCUT2D eigenvalue weighted by molar-refractivity contribution is 7.26. The van der Waals surface area contributed by atoms with Crippen molar-refractivity contribution in [3.63, 3.8) is 0 Å². The Morgan fingerprint density at radius 2 is 0.709 bits per heavy atom. The fraction of sp³-hybridized carbons (Fsp3) is 0. The summed E-state index contributed by atoms with van der Waals surface area (Å²) >= 11 is 1.83. The zero-order valence-electron chi connectivity index (χ0n) is 29.6. The molecule has 2 aromatic heterocycles. The van der Waals surface area contributed by atoms with Gasteiger partial charge in [0.1, 0.15) is 0 Å². The summed E-state index contributed by atoms with van der Waals surface area (Å²) in [5.74, 6) is 1.96. The Morgan fingerprint density at radius 3 is 1.36 bits per heavy atom. The van der Waals surface area contributed by atoms with Gasteiger partial charge in [-0.25, -0.2) is 15.0 Å². The van der Waals surface area contributed by atoms with E-state index in [0.717, 1.165) is 22.3 Å². The average molecular weight is 718 g/mol. The first-order chi connectivity index (χ1) is 27.2. The first kappa shape index (κ1) is 31.5. The van der Waals surface area contributed by atoms with Crippen molar-refractivity contribution in [3.8, 4) is 56.4 Å². The lowest BCUT2D eigenvalue weighted by Gasteiger charge is -2.12. The molecule has 9 aromatic carbocycles. The van der Waals surface area contributed by atoms with Gasteiger partial charge in [-0.05, 0) is 66.7 Å². The van der Waals surface area contributed by atoms with Gasteiger partial charge in [0.25, 0.3) is 0 Å². The molecule has 0 atom stereocenters. The number of rotatable bonds is 5. The summed E-state index contributed by atoms with van der Waals surface area (Å²) in [6.45, 7) is 0. The van der Waals surface area contributed by atoms with Crippen LogP contribution in [-0.2, 0) is 0 Å². The predicted molar refractivity (Wildman–Crippen MR) is 232 cm³/mol. The summed E-state index contributed by atoms with van der Waals surface area (Å²) in [7, 11) is 0. The highest BCUT2D eigenvalue weighted by Crippen LogP contribution is 2.43. The third-order valence-electron chi connectivity index (χ3n) is 10.7. The van der Waals surface area contributed by atoms with Gasteiger partial charge in [0, 0.05) is 36.9 Å². The Balaban J connectivity index is 1.04. The fourth-order valence-electron chi connectivity index (χ4n) is 8.03. The number of hydrogen-bond donors (Lipinski definition) is 0. The van der Waals surface area contributed by atoms with Crippen molar-refractivity contribution < 1.29 is 0 Å². The third kappa shape index (κ3) is 5.38. The largest absolute Gasteiger partial charge is 0.208 e. The average Bonchev–Trinajstić information content (AvgIpc) is 3.65. The molecule has 0 aliphatic rings. The SMILES string of the molecule is c1ccc(-c2ccc(-c3nc(-c4ccccc4)nc(-c4ccc5c(c4)sc4c(-c6ccc7c8ccccc8c8ccccc8c7c6)cccc45)n3)cc2)cc1. The lowest BCUT2D eigenvalue weighted by atomic mass is 9.92. The zero-order valence-corrected chi connectivity index (χ0v) is 30.5. The van der Waals surface area contributed by atoms with Gasteiger partial charge in [0.2, 0.25) is 0 Å². The van der Waals surface area contributed by atoms with Gasteiger partial charge in [0.15, 0.2) is 17.5 Å². The van der Waals surface area contributed by atoms with E-state index in [1.807, 2.05) is 35.6 Å². The molecule has 4 heteroatoms. The minimum Gasteiger partial charge on any atom is -0.208 e. The maximum atomic E-state index is 5.09. The summed E-state index contributed by atoms with van der Waals surface area (Å²) in [6.07, 6.45) is 0. The standard InChI is InChI=1S/C51H31N3S/c1-3-12-32(13-4-1)33-22-24-35(25-23-33)50-52-49(34-14-5-2-6-15-34)53-51(54-50)37-27-29-44-45-21-11-20-38(48(45)55-47(44)31-37)36-26-28-43-41-18-8-7-16-39(41)40-17-9-10-19-42(40)46(43)30-36/h1-31H. The van der Waals surface area contributed by atoms with Gasteiger partial charge in [-0.2, -0.15) is 0 Å². The maximum absolute atomic E-state index is 5.09. The minimum absolute atomic E-state index is 0.652. The van der Waals surface area contributed by atoms with E-state index >= 15 is 0 Å². The monoisotopic (exact) mass is 717 g/mol. The van der Waals surface area contributed by atoms with E-state index in [2.05, 4.69) is 164 Å². The predicted octanol–water partition coefficient (Wildman–Crippen LogP) is 14.0. The van der Waals surface area contributed by atoms with Crippen LogP contribution in [0.5, 0.6) is 0 Å². The number of thiophene rings is 1. The van der Waals surface area contributed by atoms with Crippen molar-refractivity contribution in [1.82, 2.24) is 15.0 Å². The molecule has 0 aliphatic carbocycles. The Bertz CT molecular complexity index is 3210. The van der Waals surface area contributed by atoms with Crippen LogP contribution in [0.3, 0.4) is 0 Å². The quantitative estimate of drug-likeness (QED) is 0.166. The van der Waals surface area contributed by atoms with Gasteiger partial charge < -0.3 is 0 Å². The van der Waals surface area contributed by atoms with Gasteiger partial charge in [-0.3, -0.25) is 0 Å². The van der Waals surface area contributed by atoms with Crippen molar-refractivity contribution in [3.05, 3.63) is 188 Å². The van der Waals surface area contributed by atoms with Crippen LogP contribution in [0.15, 0.2) is 188 Å². The van der Waals surface area contributed by atoms with Crippen LogP contribution in [0.2, 0.25) is 0 Å². The van der Waals surface area contributed by atoms with Crippen molar-refractivity contribution >= 4 is 63.8 Å². The molecule has 0 N–H and O–H groups in total. The molecule has 0 saturated carbocycles. The Kier molecular flexibility index (Phi) is 7.35. The van der Waals surface area contributed by atoms with Crippen molar-refractivity contribution in [1.29, 1.82) is 0 Å². The lowest BCUT2D eigenvalue weighted by molar-refractivity contribution is 1.07.